The minimum absolute atomic E-state index is 0.0103. The molecular weight excluding hydrogens is 352 g/mol. The number of aromatic hydroxyl groups is 2. The van der Waals surface area contributed by atoms with Crippen molar-refractivity contribution in [3.8, 4) is 23.0 Å². The minimum atomic E-state index is -0.902. The molecule has 7 nitrogen and oxygen atoms in total. The molecule has 4 atom stereocenters. The van der Waals surface area contributed by atoms with Crippen LogP contribution in [-0.2, 0) is 4.74 Å². The molecule has 0 saturated carbocycles. The second kappa shape index (κ2) is 8.04. The van der Waals surface area contributed by atoms with E-state index in [4.69, 9.17) is 14.2 Å². The molecule has 0 aromatic heterocycles. The van der Waals surface area contributed by atoms with E-state index in [9.17, 15) is 20.4 Å². The molecule has 0 amide bonds. The van der Waals surface area contributed by atoms with Gasteiger partial charge in [0.05, 0.1) is 33.0 Å². The van der Waals surface area contributed by atoms with Crippen LogP contribution in [0.5, 0.6) is 23.0 Å². The summed E-state index contributed by atoms with van der Waals surface area (Å²) < 4.78 is 16.1. The van der Waals surface area contributed by atoms with Gasteiger partial charge in [-0.3, -0.25) is 0 Å². The first-order chi connectivity index (χ1) is 13.0. The minimum Gasteiger partial charge on any atom is -0.504 e. The maximum Gasteiger partial charge on any atom is 0.160 e. The maximum absolute atomic E-state index is 10.8. The van der Waals surface area contributed by atoms with Crippen molar-refractivity contribution in [2.24, 2.45) is 11.8 Å². The lowest BCUT2D eigenvalue weighted by Gasteiger charge is -2.25. The Hall–Kier alpha value is -2.48. The first kappa shape index (κ1) is 19.3. The van der Waals surface area contributed by atoms with Gasteiger partial charge < -0.3 is 34.6 Å². The van der Waals surface area contributed by atoms with E-state index in [1.54, 1.807) is 24.3 Å². The zero-order valence-corrected chi connectivity index (χ0v) is 15.2. The molecule has 4 N–H and O–H groups in total. The lowest BCUT2D eigenvalue weighted by Crippen LogP contribution is -2.25. The van der Waals surface area contributed by atoms with Crippen molar-refractivity contribution in [3.63, 3.8) is 0 Å². The van der Waals surface area contributed by atoms with Gasteiger partial charge >= 0.3 is 0 Å². The molecule has 1 heterocycles. The monoisotopic (exact) mass is 376 g/mol. The van der Waals surface area contributed by atoms with Crippen LogP contribution in [0.1, 0.15) is 23.3 Å². The molecule has 1 aliphatic rings. The number of benzene rings is 2. The standard InChI is InChI=1S/C20H24O7/c1-25-17-7-11(3-5-15(17)22)19(24)14-10-27-20(13(14)9-21)12-4-6-16(23)18(8-12)26-2/h3-8,13-14,19-24H,9-10H2,1-2H3/t13-,14+,19+,20-/m1/s1. The highest BCUT2D eigenvalue weighted by atomic mass is 16.5. The van der Waals surface area contributed by atoms with Gasteiger partial charge in [-0.15, -0.1) is 0 Å². The number of hydrogen-bond acceptors (Lipinski definition) is 7. The molecule has 3 rings (SSSR count). The molecule has 7 heteroatoms. The van der Waals surface area contributed by atoms with Crippen LogP contribution in [0.15, 0.2) is 36.4 Å². The number of aliphatic hydroxyl groups is 2. The predicted octanol–water partition coefficient (Wildman–Crippen LogP) is 2.14. The van der Waals surface area contributed by atoms with Gasteiger partial charge in [0.2, 0.25) is 0 Å². The van der Waals surface area contributed by atoms with Crippen LogP contribution < -0.4 is 9.47 Å². The normalized spacial score (nSPS) is 23.2. The Morgan fingerprint density at radius 2 is 1.67 bits per heavy atom. The molecule has 0 bridgehead atoms. The van der Waals surface area contributed by atoms with Gasteiger partial charge in [-0.05, 0) is 35.4 Å². The molecule has 1 saturated heterocycles. The van der Waals surface area contributed by atoms with Gasteiger partial charge in [0, 0.05) is 18.4 Å². The quantitative estimate of drug-likeness (QED) is 0.612. The third-order valence-corrected chi connectivity index (χ3v) is 5.10. The summed E-state index contributed by atoms with van der Waals surface area (Å²) in [5.74, 6) is -0.106. The summed E-state index contributed by atoms with van der Waals surface area (Å²) >= 11 is 0. The SMILES string of the molecule is COc1cc([C@H]2OC[C@H]([C@@H](O)c3ccc(O)c(OC)c3)[C@H]2CO)ccc1O. The van der Waals surface area contributed by atoms with Crippen molar-refractivity contribution in [3.05, 3.63) is 47.5 Å². The fourth-order valence-electron chi connectivity index (χ4n) is 3.58. The van der Waals surface area contributed by atoms with Crippen molar-refractivity contribution >= 4 is 0 Å². The summed E-state index contributed by atoms with van der Waals surface area (Å²) in [6, 6.07) is 9.55. The van der Waals surface area contributed by atoms with Crippen LogP contribution in [0.3, 0.4) is 0 Å². The first-order valence-corrected chi connectivity index (χ1v) is 8.64. The highest BCUT2D eigenvalue weighted by molar-refractivity contribution is 5.44. The Kier molecular flexibility index (Phi) is 5.74. The number of aliphatic hydroxyl groups excluding tert-OH is 2. The van der Waals surface area contributed by atoms with Crippen LogP contribution in [0.4, 0.5) is 0 Å². The van der Waals surface area contributed by atoms with E-state index < -0.39 is 12.2 Å². The first-order valence-electron chi connectivity index (χ1n) is 8.64. The molecule has 27 heavy (non-hydrogen) atoms. The van der Waals surface area contributed by atoms with Crippen LogP contribution >= 0.6 is 0 Å². The predicted molar refractivity (Wildman–Crippen MR) is 97.0 cm³/mol. The Morgan fingerprint density at radius 1 is 1.04 bits per heavy atom. The fourth-order valence-corrected chi connectivity index (χ4v) is 3.58. The Balaban J connectivity index is 1.86. The number of methoxy groups -OCH3 is 2. The highest BCUT2D eigenvalue weighted by Crippen LogP contribution is 2.45. The van der Waals surface area contributed by atoms with Gasteiger partial charge in [0.15, 0.2) is 23.0 Å². The summed E-state index contributed by atoms with van der Waals surface area (Å²) in [6.07, 6.45) is -1.34. The van der Waals surface area contributed by atoms with Crippen molar-refractivity contribution in [2.45, 2.75) is 12.2 Å². The molecule has 1 aliphatic heterocycles. The largest absolute Gasteiger partial charge is 0.504 e. The van der Waals surface area contributed by atoms with Gasteiger partial charge in [0.25, 0.3) is 0 Å². The Labute approximate surface area is 157 Å². The summed E-state index contributed by atoms with van der Waals surface area (Å²) in [5.41, 5.74) is 1.32. The molecule has 0 aliphatic carbocycles. The summed E-state index contributed by atoms with van der Waals surface area (Å²) in [7, 11) is 2.90. The molecule has 0 radical (unpaired) electrons. The van der Waals surface area contributed by atoms with Crippen LogP contribution in [-0.4, -0.2) is 47.9 Å². The van der Waals surface area contributed by atoms with Crippen molar-refractivity contribution < 1.29 is 34.6 Å². The summed E-state index contributed by atoms with van der Waals surface area (Å²) in [6.45, 7) is 0.0776. The maximum atomic E-state index is 10.8. The van der Waals surface area contributed by atoms with Crippen LogP contribution in [0.2, 0.25) is 0 Å². The number of rotatable bonds is 6. The van der Waals surface area contributed by atoms with E-state index in [-0.39, 0.29) is 42.3 Å². The summed E-state index contributed by atoms with van der Waals surface area (Å²) in [5, 5.41) is 40.3. The van der Waals surface area contributed by atoms with Crippen LogP contribution in [0.25, 0.3) is 0 Å². The molecule has 0 unspecified atom stereocenters. The molecular formula is C20H24O7. The average molecular weight is 376 g/mol. The molecule has 146 valence electrons. The van der Waals surface area contributed by atoms with E-state index in [1.165, 1.54) is 26.4 Å². The van der Waals surface area contributed by atoms with Crippen molar-refractivity contribution in [2.75, 3.05) is 27.4 Å². The summed E-state index contributed by atoms with van der Waals surface area (Å²) in [4.78, 5) is 0. The average Bonchev–Trinajstić information content (AvgIpc) is 3.12. The van der Waals surface area contributed by atoms with Gasteiger partial charge in [-0.25, -0.2) is 0 Å². The van der Waals surface area contributed by atoms with E-state index in [1.807, 2.05) is 0 Å². The molecule has 2 aromatic carbocycles. The lowest BCUT2D eigenvalue weighted by atomic mass is 9.82. The van der Waals surface area contributed by atoms with Gasteiger partial charge in [0.1, 0.15) is 0 Å². The highest BCUT2D eigenvalue weighted by Gasteiger charge is 2.42. The number of phenolic OH excluding ortho intramolecular Hbond substituents is 2. The van der Waals surface area contributed by atoms with E-state index in [0.717, 1.165) is 5.56 Å². The Bertz CT molecular complexity index is 792. The second-order valence-corrected chi connectivity index (χ2v) is 6.57. The van der Waals surface area contributed by atoms with Crippen molar-refractivity contribution in [1.82, 2.24) is 0 Å². The van der Waals surface area contributed by atoms with E-state index >= 15 is 0 Å². The van der Waals surface area contributed by atoms with Gasteiger partial charge in [-0.2, -0.15) is 0 Å². The topological polar surface area (TPSA) is 109 Å². The van der Waals surface area contributed by atoms with Crippen molar-refractivity contribution in [1.29, 1.82) is 0 Å². The molecule has 1 fully saturated rings. The third-order valence-electron chi connectivity index (χ3n) is 5.10. The number of hydrogen-bond donors (Lipinski definition) is 4. The van der Waals surface area contributed by atoms with E-state index in [0.29, 0.717) is 11.3 Å². The number of ether oxygens (including phenoxy) is 3. The number of phenols is 2. The zero-order chi connectivity index (χ0) is 19.6. The smallest absolute Gasteiger partial charge is 0.160 e. The Morgan fingerprint density at radius 3 is 2.30 bits per heavy atom. The zero-order valence-electron chi connectivity index (χ0n) is 15.2. The lowest BCUT2D eigenvalue weighted by molar-refractivity contribution is 0.0632. The van der Waals surface area contributed by atoms with Gasteiger partial charge in [-0.1, -0.05) is 12.1 Å². The second-order valence-electron chi connectivity index (χ2n) is 6.57. The molecule has 2 aromatic rings. The van der Waals surface area contributed by atoms with E-state index in [2.05, 4.69) is 0 Å². The fraction of sp³-hybridized carbons (Fsp3) is 0.400. The van der Waals surface area contributed by atoms with Crippen LogP contribution in [0, 0.1) is 11.8 Å². The third kappa shape index (κ3) is 3.66. The molecule has 0 spiro atoms.